The van der Waals surface area contributed by atoms with Crippen LogP contribution in [0.2, 0.25) is 15.1 Å². The Morgan fingerprint density at radius 2 is 1.79 bits per heavy atom. The Morgan fingerprint density at radius 3 is 2.46 bits per heavy atom. The number of benzene rings is 3. The maximum Gasteiger partial charge on any atom is 0.293 e. The number of thioether (sulfide) groups is 1. The molecule has 0 radical (unpaired) electrons. The predicted molar refractivity (Wildman–Crippen MR) is 164 cm³/mol. The number of halogens is 4. The highest BCUT2D eigenvalue weighted by molar-refractivity contribution is 14.1. The first kappa shape index (κ1) is 29.5. The van der Waals surface area contributed by atoms with E-state index in [1.165, 1.54) is 7.11 Å². The zero-order chi connectivity index (χ0) is 28.3. The van der Waals surface area contributed by atoms with Gasteiger partial charge in [0.1, 0.15) is 0 Å². The second-order valence-electron chi connectivity index (χ2n) is 8.30. The van der Waals surface area contributed by atoms with E-state index in [-0.39, 0.29) is 24.0 Å². The van der Waals surface area contributed by atoms with Gasteiger partial charge in [0.05, 0.1) is 22.1 Å². The molecule has 3 amide bonds. The minimum atomic E-state index is -0.455. The first-order chi connectivity index (χ1) is 18.6. The van der Waals surface area contributed by atoms with Crippen molar-refractivity contribution < 1.29 is 23.9 Å². The SMILES string of the molecule is COc1cc(/C=C2\SC(=O)N(Cc3c(Cl)cccc3Cl)C2=O)cc(I)c1OCC(=O)Nc1ccc(C)c(Cl)c1. The molecule has 39 heavy (non-hydrogen) atoms. The second-order valence-corrected chi connectivity index (χ2v) is 11.7. The van der Waals surface area contributed by atoms with Gasteiger partial charge in [-0.05, 0) is 94.9 Å². The Hall–Kier alpha value is -2.44. The van der Waals surface area contributed by atoms with Gasteiger partial charge in [-0.15, -0.1) is 0 Å². The van der Waals surface area contributed by atoms with Gasteiger partial charge in [0.25, 0.3) is 17.1 Å². The lowest BCUT2D eigenvalue weighted by molar-refractivity contribution is -0.123. The van der Waals surface area contributed by atoms with Gasteiger partial charge in [-0.25, -0.2) is 0 Å². The van der Waals surface area contributed by atoms with Gasteiger partial charge in [-0.2, -0.15) is 0 Å². The van der Waals surface area contributed by atoms with Gasteiger partial charge in [0.2, 0.25) is 0 Å². The second kappa shape index (κ2) is 12.8. The van der Waals surface area contributed by atoms with Crippen molar-refractivity contribution in [3.8, 4) is 11.5 Å². The monoisotopic (exact) mass is 716 g/mol. The molecule has 4 rings (SSSR count). The number of nitrogens with one attached hydrogen (secondary N) is 1. The number of carbonyl (C=O) groups is 3. The molecule has 3 aromatic rings. The molecule has 1 fully saturated rings. The Bertz CT molecular complexity index is 1490. The Balaban J connectivity index is 1.48. The molecule has 1 N–H and O–H groups in total. The quantitative estimate of drug-likeness (QED) is 0.189. The van der Waals surface area contributed by atoms with E-state index in [0.717, 1.165) is 22.2 Å². The number of carbonyl (C=O) groups excluding carboxylic acids is 3. The number of nitrogens with zero attached hydrogens (tertiary/aromatic N) is 1. The van der Waals surface area contributed by atoms with Crippen molar-refractivity contribution >= 4 is 98.0 Å². The van der Waals surface area contributed by atoms with Crippen LogP contribution >= 0.6 is 69.2 Å². The van der Waals surface area contributed by atoms with Crippen molar-refractivity contribution in [2.45, 2.75) is 13.5 Å². The Kier molecular flexibility index (Phi) is 9.71. The van der Waals surface area contributed by atoms with Crippen LogP contribution in [-0.2, 0) is 16.1 Å². The van der Waals surface area contributed by atoms with Crippen LogP contribution in [0.3, 0.4) is 0 Å². The number of hydrogen-bond acceptors (Lipinski definition) is 6. The van der Waals surface area contributed by atoms with Gasteiger partial charge >= 0.3 is 0 Å². The molecule has 0 aromatic heterocycles. The normalized spacial score (nSPS) is 14.2. The van der Waals surface area contributed by atoms with E-state index in [1.54, 1.807) is 48.5 Å². The molecule has 12 heteroatoms. The minimum Gasteiger partial charge on any atom is -0.493 e. The van der Waals surface area contributed by atoms with Crippen LogP contribution in [0.25, 0.3) is 6.08 Å². The smallest absolute Gasteiger partial charge is 0.293 e. The van der Waals surface area contributed by atoms with Gasteiger partial charge < -0.3 is 14.8 Å². The molecule has 1 aliphatic heterocycles. The lowest BCUT2D eigenvalue weighted by Gasteiger charge is -2.15. The standard InChI is InChI=1S/C27H20Cl3IN2O5S/c1-14-6-7-16(11-20(14)30)32-24(34)13-38-25-21(31)8-15(9-22(25)37-2)10-23-26(35)33(27(36)39-23)12-17-18(28)4-3-5-19(17)29/h3-11H,12-13H2,1-2H3,(H,32,34)/b23-10-. The highest BCUT2D eigenvalue weighted by Crippen LogP contribution is 2.38. The first-order valence-corrected chi connectivity index (χ1v) is 14.3. The van der Waals surface area contributed by atoms with Crippen molar-refractivity contribution in [1.82, 2.24) is 4.90 Å². The third-order valence-electron chi connectivity index (χ3n) is 5.60. The molecule has 1 aliphatic rings. The fourth-order valence-electron chi connectivity index (χ4n) is 3.60. The van der Waals surface area contributed by atoms with Crippen LogP contribution < -0.4 is 14.8 Å². The topological polar surface area (TPSA) is 84.9 Å². The average Bonchev–Trinajstić information content (AvgIpc) is 3.14. The fraction of sp³-hybridized carbons (Fsp3) is 0.148. The number of hydrogen-bond donors (Lipinski definition) is 1. The predicted octanol–water partition coefficient (Wildman–Crippen LogP) is 7.82. The summed E-state index contributed by atoms with van der Waals surface area (Å²) in [5.74, 6) is -0.0949. The number of anilines is 1. The summed E-state index contributed by atoms with van der Waals surface area (Å²) in [5, 5.41) is 3.60. The number of imide groups is 1. The van der Waals surface area contributed by atoms with Crippen molar-refractivity contribution in [3.63, 3.8) is 0 Å². The summed E-state index contributed by atoms with van der Waals surface area (Å²) in [4.78, 5) is 39.4. The molecular formula is C27H20Cl3IN2O5S. The van der Waals surface area contributed by atoms with Gasteiger partial charge in [0, 0.05) is 26.3 Å². The van der Waals surface area contributed by atoms with E-state index in [0.29, 0.717) is 47.0 Å². The summed E-state index contributed by atoms with van der Waals surface area (Å²) in [6, 6.07) is 13.6. The largest absolute Gasteiger partial charge is 0.493 e. The molecule has 1 heterocycles. The van der Waals surface area contributed by atoms with Crippen LogP contribution in [0.4, 0.5) is 10.5 Å². The number of methoxy groups -OCH3 is 1. The summed E-state index contributed by atoms with van der Waals surface area (Å²) in [7, 11) is 1.47. The summed E-state index contributed by atoms with van der Waals surface area (Å²) >= 11 is 21.4. The molecular weight excluding hydrogens is 698 g/mol. The van der Waals surface area contributed by atoms with Crippen LogP contribution in [0.5, 0.6) is 11.5 Å². The highest BCUT2D eigenvalue weighted by Gasteiger charge is 2.36. The number of rotatable bonds is 8. The molecule has 1 saturated heterocycles. The maximum absolute atomic E-state index is 13.0. The summed E-state index contributed by atoms with van der Waals surface area (Å²) in [6.45, 7) is 1.57. The van der Waals surface area contributed by atoms with Gasteiger partial charge in [-0.3, -0.25) is 19.3 Å². The molecule has 0 aliphatic carbocycles. The summed E-state index contributed by atoms with van der Waals surface area (Å²) in [5.41, 5.74) is 2.57. The number of amides is 3. The van der Waals surface area contributed by atoms with Crippen molar-refractivity contribution in [2.75, 3.05) is 19.0 Å². The lowest BCUT2D eigenvalue weighted by Crippen LogP contribution is -2.27. The van der Waals surface area contributed by atoms with E-state index in [4.69, 9.17) is 44.3 Å². The van der Waals surface area contributed by atoms with Crippen LogP contribution in [0.15, 0.2) is 53.4 Å². The van der Waals surface area contributed by atoms with E-state index < -0.39 is 11.1 Å². The van der Waals surface area contributed by atoms with Gasteiger partial charge in [0.15, 0.2) is 18.1 Å². The molecule has 202 valence electrons. The Morgan fingerprint density at radius 1 is 1.08 bits per heavy atom. The van der Waals surface area contributed by atoms with E-state index in [1.807, 2.05) is 13.0 Å². The average molecular weight is 718 g/mol. The third kappa shape index (κ3) is 7.01. The molecule has 7 nitrogen and oxygen atoms in total. The Labute approximate surface area is 257 Å². The summed E-state index contributed by atoms with van der Waals surface area (Å²) < 4.78 is 11.9. The zero-order valence-corrected chi connectivity index (χ0v) is 25.8. The van der Waals surface area contributed by atoms with Crippen molar-refractivity contribution in [3.05, 3.63) is 88.8 Å². The molecule has 3 aromatic carbocycles. The van der Waals surface area contributed by atoms with Crippen molar-refractivity contribution in [1.29, 1.82) is 0 Å². The minimum absolute atomic E-state index is 0.0367. The zero-order valence-electron chi connectivity index (χ0n) is 20.5. The maximum atomic E-state index is 13.0. The van der Waals surface area contributed by atoms with Crippen LogP contribution in [-0.4, -0.2) is 35.7 Å². The van der Waals surface area contributed by atoms with Crippen LogP contribution in [0, 0.1) is 10.5 Å². The van der Waals surface area contributed by atoms with Crippen molar-refractivity contribution in [2.24, 2.45) is 0 Å². The van der Waals surface area contributed by atoms with E-state index in [2.05, 4.69) is 27.9 Å². The lowest BCUT2D eigenvalue weighted by atomic mass is 10.1. The molecule has 0 spiro atoms. The fourth-order valence-corrected chi connectivity index (χ4v) is 5.91. The summed E-state index contributed by atoms with van der Waals surface area (Å²) in [6.07, 6.45) is 1.60. The highest BCUT2D eigenvalue weighted by atomic mass is 127. The van der Waals surface area contributed by atoms with E-state index >= 15 is 0 Å². The molecule has 0 bridgehead atoms. The molecule has 0 unspecified atom stereocenters. The molecule has 0 saturated carbocycles. The third-order valence-corrected chi connectivity index (χ3v) is 8.43. The number of aryl methyl sites for hydroxylation is 1. The van der Waals surface area contributed by atoms with Gasteiger partial charge in [-0.1, -0.05) is 46.9 Å². The first-order valence-electron chi connectivity index (χ1n) is 11.3. The van der Waals surface area contributed by atoms with Crippen LogP contribution in [0.1, 0.15) is 16.7 Å². The van der Waals surface area contributed by atoms with E-state index in [9.17, 15) is 14.4 Å². The number of ether oxygens (including phenoxy) is 2. The molecule has 0 atom stereocenters.